The van der Waals surface area contributed by atoms with Gasteiger partial charge in [0.1, 0.15) is 5.25 Å². The number of carbonyl (C=O) groups is 2. The molecule has 0 saturated carbocycles. The first kappa shape index (κ1) is 21.1. The Hall–Kier alpha value is -2.60. The van der Waals surface area contributed by atoms with Gasteiger partial charge in [0.25, 0.3) is 0 Å². The van der Waals surface area contributed by atoms with Gasteiger partial charge in [0.05, 0.1) is 5.69 Å². The summed E-state index contributed by atoms with van der Waals surface area (Å²) in [5.74, 6) is -0.198. The van der Waals surface area contributed by atoms with E-state index in [1.165, 1.54) is 11.8 Å². The lowest BCUT2D eigenvalue weighted by molar-refractivity contribution is -0.128. The van der Waals surface area contributed by atoms with Gasteiger partial charge in [-0.2, -0.15) is 0 Å². The summed E-state index contributed by atoms with van der Waals surface area (Å²) in [5.41, 5.74) is 4.82. The smallest absolute Gasteiger partial charge is 0.242 e. The molecule has 0 spiro atoms. The van der Waals surface area contributed by atoms with E-state index in [0.29, 0.717) is 11.7 Å². The molecule has 152 valence electrons. The number of rotatable bonds is 6. The second kappa shape index (κ2) is 9.27. The van der Waals surface area contributed by atoms with Crippen molar-refractivity contribution in [1.82, 2.24) is 4.90 Å². The van der Waals surface area contributed by atoms with Crippen LogP contribution in [0.2, 0.25) is 0 Å². The predicted octanol–water partition coefficient (Wildman–Crippen LogP) is 4.98. The number of amides is 2. The third-order valence-electron chi connectivity index (χ3n) is 4.90. The molecule has 2 aromatic carbocycles. The maximum Gasteiger partial charge on any atom is 0.242 e. The normalized spacial score (nSPS) is 17.8. The molecule has 1 atom stereocenters. The molecular weight excluding hydrogens is 382 g/mol. The van der Waals surface area contributed by atoms with Crippen LogP contribution in [0, 0.1) is 20.8 Å². The lowest BCUT2D eigenvalue weighted by Gasteiger charge is -2.16. The first-order chi connectivity index (χ1) is 13.9. The predicted molar refractivity (Wildman–Crippen MR) is 121 cm³/mol. The highest BCUT2D eigenvalue weighted by molar-refractivity contribution is 8.15. The molecule has 1 aliphatic heterocycles. The SMILES string of the molecule is CCCN1C(=O)[C@@H](CC(=O)Nc2ccccc2C)SC1=Nc1c(C)cccc1C. The number of aryl methyl sites for hydroxylation is 3. The summed E-state index contributed by atoms with van der Waals surface area (Å²) in [6.07, 6.45) is 0.962. The van der Waals surface area contributed by atoms with E-state index in [2.05, 4.69) is 5.32 Å². The molecule has 0 aliphatic carbocycles. The molecule has 5 nitrogen and oxygen atoms in total. The Morgan fingerprint density at radius 3 is 2.38 bits per heavy atom. The van der Waals surface area contributed by atoms with Gasteiger partial charge in [0, 0.05) is 18.7 Å². The molecule has 1 N–H and O–H groups in total. The minimum Gasteiger partial charge on any atom is -0.326 e. The van der Waals surface area contributed by atoms with Crippen LogP contribution in [0.5, 0.6) is 0 Å². The molecule has 0 radical (unpaired) electrons. The number of carbonyl (C=O) groups excluding carboxylic acids is 2. The van der Waals surface area contributed by atoms with Crippen LogP contribution >= 0.6 is 11.8 Å². The Labute approximate surface area is 176 Å². The second-order valence-electron chi connectivity index (χ2n) is 7.30. The van der Waals surface area contributed by atoms with Crippen LogP contribution in [0.1, 0.15) is 36.5 Å². The van der Waals surface area contributed by atoms with Crippen LogP contribution < -0.4 is 5.32 Å². The minimum atomic E-state index is -0.450. The molecule has 1 aliphatic rings. The summed E-state index contributed by atoms with van der Waals surface area (Å²) in [5, 5.41) is 3.16. The van der Waals surface area contributed by atoms with Crippen molar-refractivity contribution in [3.63, 3.8) is 0 Å². The van der Waals surface area contributed by atoms with Crippen molar-refractivity contribution in [3.8, 4) is 0 Å². The van der Waals surface area contributed by atoms with Gasteiger partial charge in [-0.25, -0.2) is 4.99 Å². The topological polar surface area (TPSA) is 61.8 Å². The maximum absolute atomic E-state index is 13.0. The van der Waals surface area contributed by atoms with Crippen molar-refractivity contribution in [3.05, 3.63) is 59.2 Å². The first-order valence-corrected chi connectivity index (χ1v) is 10.8. The zero-order valence-electron chi connectivity index (χ0n) is 17.4. The van der Waals surface area contributed by atoms with E-state index in [0.717, 1.165) is 34.5 Å². The summed E-state index contributed by atoms with van der Waals surface area (Å²) in [7, 11) is 0. The summed E-state index contributed by atoms with van der Waals surface area (Å²) >= 11 is 1.39. The van der Waals surface area contributed by atoms with Gasteiger partial charge in [-0.05, 0) is 49.9 Å². The van der Waals surface area contributed by atoms with E-state index in [-0.39, 0.29) is 18.2 Å². The number of hydrogen-bond donors (Lipinski definition) is 1. The van der Waals surface area contributed by atoms with E-state index >= 15 is 0 Å². The van der Waals surface area contributed by atoms with Crippen LogP contribution in [0.4, 0.5) is 11.4 Å². The molecule has 1 fully saturated rings. The molecule has 2 amide bonds. The Kier molecular flexibility index (Phi) is 6.75. The number of nitrogens with zero attached hydrogens (tertiary/aromatic N) is 2. The summed E-state index contributed by atoms with van der Waals surface area (Å²) in [4.78, 5) is 32.1. The van der Waals surface area contributed by atoms with Crippen LogP contribution in [0.3, 0.4) is 0 Å². The summed E-state index contributed by atoms with van der Waals surface area (Å²) in [6, 6.07) is 13.7. The van der Waals surface area contributed by atoms with E-state index < -0.39 is 5.25 Å². The molecule has 0 bridgehead atoms. The van der Waals surface area contributed by atoms with Gasteiger partial charge in [-0.1, -0.05) is 55.1 Å². The zero-order chi connectivity index (χ0) is 21.0. The van der Waals surface area contributed by atoms with Crippen LogP contribution in [0.15, 0.2) is 47.5 Å². The lowest BCUT2D eigenvalue weighted by Crippen LogP contribution is -2.34. The number of para-hydroxylation sites is 2. The monoisotopic (exact) mass is 409 g/mol. The number of nitrogens with one attached hydrogen (secondary N) is 1. The average molecular weight is 410 g/mol. The number of benzene rings is 2. The van der Waals surface area contributed by atoms with Crippen molar-refractivity contribution < 1.29 is 9.59 Å². The Morgan fingerprint density at radius 1 is 1.07 bits per heavy atom. The highest BCUT2D eigenvalue weighted by Crippen LogP contribution is 2.34. The van der Waals surface area contributed by atoms with Crippen molar-refractivity contribution in [2.24, 2.45) is 4.99 Å². The fourth-order valence-electron chi connectivity index (χ4n) is 3.31. The molecule has 0 unspecified atom stereocenters. The molecular formula is C23H27N3O2S. The van der Waals surface area contributed by atoms with E-state index in [9.17, 15) is 9.59 Å². The van der Waals surface area contributed by atoms with Gasteiger partial charge in [0.2, 0.25) is 11.8 Å². The number of thioether (sulfide) groups is 1. The minimum absolute atomic E-state index is 0.0400. The Morgan fingerprint density at radius 2 is 1.72 bits per heavy atom. The molecule has 1 heterocycles. The molecule has 29 heavy (non-hydrogen) atoms. The number of anilines is 1. The molecule has 1 saturated heterocycles. The summed E-state index contributed by atoms with van der Waals surface area (Å²) in [6.45, 7) is 8.62. The maximum atomic E-state index is 13.0. The first-order valence-electron chi connectivity index (χ1n) is 9.89. The second-order valence-corrected chi connectivity index (χ2v) is 8.47. The third-order valence-corrected chi connectivity index (χ3v) is 6.08. The fraction of sp³-hybridized carbons (Fsp3) is 0.348. The van der Waals surface area contributed by atoms with E-state index in [1.807, 2.05) is 70.2 Å². The Bertz CT molecular complexity index is 935. The number of aliphatic imine (C=N–C) groups is 1. The van der Waals surface area contributed by atoms with Crippen molar-refractivity contribution in [1.29, 1.82) is 0 Å². The molecule has 2 aromatic rings. The zero-order valence-corrected chi connectivity index (χ0v) is 18.2. The molecule has 6 heteroatoms. The Balaban J connectivity index is 1.79. The van der Waals surface area contributed by atoms with E-state index in [1.54, 1.807) is 4.90 Å². The van der Waals surface area contributed by atoms with Crippen molar-refractivity contribution in [2.45, 2.75) is 45.8 Å². The van der Waals surface area contributed by atoms with Crippen LogP contribution in [-0.4, -0.2) is 33.7 Å². The van der Waals surface area contributed by atoms with Gasteiger partial charge >= 0.3 is 0 Å². The molecule has 3 rings (SSSR count). The third kappa shape index (κ3) is 4.88. The summed E-state index contributed by atoms with van der Waals surface area (Å²) < 4.78 is 0. The number of amidine groups is 1. The quantitative estimate of drug-likeness (QED) is 0.732. The van der Waals surface area contributed by atoms with Gasteiger partial charge in [-0.3, -0.25) is 14.5 Å². The van der Waals surface area contributed by atoms with Gasteiger partial charge in [0.15, 0.2) is 5.17 Å². The standard InChI is InChI=1S/C23H27N3O2S/c1-5-13-26-22(28)19(14-20(27)24-18-12-7-6-9-15(18)2)29-23(26)25-21-16(3)10-8-11-17(21)4/h6-12,19H,5,13-14H2,1-4H3,(H,24,27)/t19-/m1/s1. The highest BCUT2D eigenvalue weighted by Gasteiger charge is 2.38. The van der Waals surface area contributed by atoms with Crippen LogP contribution in [-0.2, 0) is 9.59 Å². The van der Waals surface area contributed by atoms with E-state index in [4.69, 9.17) is 4.99 Å². The van der Waals surface area contributed by atoms with Crippen molar-refractivity contribution >= 4 is 40.1 Å². The lowest BCUT2D eigenvalue weighted by atomic mass is 10.1. The highest BCUT2D eigenvalue weighted by atomic mass is 32.2. The van der Waals surface area contributed by atoms with Crippen LogP contribution in [0.25, 0.3) is 0 Å². The largest absolute Gasteiger partial charge is 0.326 e. The van der Waals surface area contributed by atoms with Gasteiger partial charge < -0.3 is 5.32 Å². The molecule has 0 aromatic heterocycles. The fourth-order valence-corrected chi connectivity index (χ4v) is 4.48. The van der Waals surface area contributed by atoms with Gasteiger partial charge in [-0.15, -0.1) is 0 Å². The van der Waals surface area contributed by atoms with Crippen molar-refractivity contribution in [2.75, 3.05) is 11.9 Å². The average Bonchev–Trinajstić information content (AvgIpc) is 2.96. The number of hydrogen-bond acceptors (Lipinski definition) is 4.